The van der Waals surface area contributed by atoms with Crippen molar-refractivity contribution in [1.82, 2.24) is 23.9 Å². The zero-order valence-electron chi connectivity index (χ0n) is 26.8. The third-order valence-electron chi connectivity index (χ3n) is 6.68. The number of nitrogens with zero attached hydrogens (tertiary/aromatic N) is 3. The van der Waals surface area contributed by atoms with E-state index in [2.05, 4.69) is 4.98 Å². The molecule has 26 heteroatoms. The van der Waals surface area contributed by atoms with Gasteiger partial charge in [0.1, 0.15) is 6.61 Å². The Morgan fingerprint density at radius 2 is 1.25 bits per heavy atom. The van der Waals surface area contributed by atoms with E-state index >= 15 is 0 Å². The number of nitrogens with one attached hydrogen (secondary N) is 4. The second-order valence-corrected chi connectivity index (χ2v) is 14.4. The molecule has 0 saturated heterocycles. The molecular weight excluding hydrogens is 774 g/mol. The number of nitrogen functional groups attached to an aromatic ring is 1. The maximum Gasteiger partial charge on any atom is 0.418 e. The van der Waals surface area contributed by atoms with E-state index in [0.717, 1.165) is 16.7 Å². The number of alkyl halides is 6. The van der Waals surface area contributed by atoms with Crippen molar-refractivity contribution < 1.29 is 52.7 Å². The summed E-state index contributed by atoms with van der Waals surface area (Å²) in [6.07, 6.45) is -5.67. The number of H-pyrrole nitrogens is 2. The van der Waals surface area contributed by atoms with Crippen molar-refractivity contribution in [3.8, 4) is 5.69 Å². The summed E-state index contributed by atoms with van der Waals surface area (Å²) >= 11 is 0. The first kappa shape index (κ1) is 39.7. The van der Waals surface area contributed by atoms with Gasteiger partial charge in [-0.05, 0) is 30.3 Å². The number of anilines is 1. The molecule has 0 spiro atoms. The molecule has 0 aliphatic carbocycles. The molecule has 0 atom stereocenters. The quantitative estimate of drug-likeness (QED) is 0.0877. The summed E-state index contributed by atoms with van der Waals surface area (Å²) in [5, 5.41) is -0.741. The van der Waals surface area contributed by atoms with Crippen molar-refractivity contribution in [2.24, 2.45) is 0 Å². The van der Waals surface area contributed by atoms with E-state index in [-0.39, 0.29) is 26.7 Å². The first-order valence-corrected chi connectivity index (χ1v) is 17.8. The van der Waals surface area contributed by atoms with E-state index < -0.39 is 94.4 Å². The SMILES string of the molecule is CC(=O)OCc1ccn(-c2cc3c(=O)n(NS(C)(=O)=O)c(=O)[nH]c3cc2C(F)(F)F)c1.CS(=O)(=O)Nn1c(=O)[nH]c2cc(C(F)(F)F)c(N)cc2c1=O. The topological polar surface area (TPSA) is 259 Å². The van der Waals surface area contributed by atoms with Gasteiger partial charge in [0.05, 0.1) is 51.1 Å². The van der Waals surface area contributed by atoms with Crippen molar-refractivity contribution in [2.45, 2.75) is 25.9 Å². The van der Waals surface area contributed by atoms with Gasteiger partial charge in [-0.15, -0.1) is 0 Å². The van der Waals surface area contributed by atoms with E-state index in [9.17, 15) is 67.2 Å². The number of aromatic nitrogens is 5. The number of carbonyl (C=O) groups is 1. The molecule has 286 valence electrons. The second-order valence-electron chi connectivity index (χ2n) is 11.0. The van der Waals surface area contributed by atoms with Crippen molar-refractivity contribution >= 4 is 53.5 Å². The molecule has 3 heterocycles. The Balaban J connectivity index is 0.000000251. The van der Waals surface area contributed by atoms with E-state index in [1.165, 1.54) is 25.4 Å². The Morgan fingerprint density at radius 1 is 0.792 bits per heavy atom. The minimum atomic E-state index is -4.85. The van der Waals surface area contributed by atoms with Crippen molar-refractivity contribution in [3.63, 3.8) is 0 Å². The van der Waals surface area contributed by atoms with Gasteiger partial charge in [-0.1, -0.05) is 0 Å². The van der Waals surface area contributed by atoms with E-state index in [0.29, 0.717) is 30.2 Å². The summed E-state index contributed by atoms with van der Waals surface area (Å²) in [5.41, 5.74) is -3.55. The minimum absolute atomic E-state index is 0.129. The van der Waals surface area contributed by atoms with Gasteiger partial charge in [0, 0.05) is 30.6 Å². The van der Waals surface area contributed by atoms with Crippen LogP contribution in [0.3, 0.4) is 0 Å². The number of aromatic amines is 2. The lowest BCUT2D eigenvalue weighted by atomic mass is 10.1. The van der Waals surface area contributed by atoms with Gasteiger partial charge in [-0.2, -0.15) is 35.7 Å². The summed E-state index contributed by atoms with van der Waals surface area (Å²) in [4.78, 5) is 66.6. The molecule has 0 fully saturated rings. The molecule has 5 aromatic rings. The Bertz CT molecular complexity index is 2750. The number of hydrogen-bond acceptors (Lipinski definition) is 11. The number of nitrogens with two attached hydrogens (primary N) is 1. The number of benzene rings is 2. The first-order valence-electron chi connectivity index (χ1n) is 14.0. The van der Waals surface area contributed by atoms with Crippen LogP contribution in [0.4, 0.5) is 32.0 Å². The van der Waals surface area contributed by atoms with Crippen LogP contribution in [-0.4, -0.2) is 59.2 Å². The molecule has 0 saturated carbocycles. The Labute approximate surface area is 290 Å². The largest absolute Gasteiger partial charge is 0.461 e. The molecule has 0 aliphatic heterocycles. The number of fused-ring (bicyclic) bond motifs is 2. The van der Waals surface area contributed by atoms with E-state index in [4.69, 9.17) is 10.5 Å². The van der Waals surface area contributed by atoms with Crippen LogP contribution in [0.25, 0.3) is 27.5 Å². The molecule has 53 heavy (non-hydrogen) atoms. The van der Waals surface area contributed by atoms with Crippen LogP contribution in [0.2, 0.25) is 0 Å². The fourth-order valence-corrected chi connectivity index (χ4v) is 5.57. The van der Waals surface area contributed by atoms with Gasteiger partial charge in [0.2, 0.25) is 20.0 Å². The molecule has 0 aliphatic rings. The third-order valence-corrected chi connectivity index (χ3v) is 7.71. The molecule has 3 aromatic heterocycles. The van der Waals surface area contributed by atoms with Crippen LogP contribution in [0.15, 0.2) is 61.9 Å². The fraction of sp³-hybridized carbons (Fsp3) is 0.222. The number of ether oxygens (including phenoxy) is 1. The number of hydrogen-bond donors (Lipinski definition) is 5. The van der Waals surface area contributed by atoms with Crippen LogP contribution in [-0.2, 0) is 48.5 Å². The maximum absolute atomic E-state index is 13.7. The molecule has 6 N–H and O–H groups in total. The summed E-state index contributed by atoms with van der Waals surface area (Å²) < 4.78 is 130. The molecular formula is C27H24F6N8O10S2. The molecule has 2 aromatic carbocycles. The minimum Gasteiger partial charge on any atom is -0.461 e. The van der Waals surface area contributed by atoms with Gasteiger partial charge < -0.3 is 25.0 Å². The zero-order valence-corrected chi connectivity index (χ0v) is 28.5. The summed E-state index contributed by atoms with van der Waals surface area (Å²) in [6.45, 7) is 1.01. The normalized spacial score (nSPS) is 12.3. The van der Waals surface area contributed by atoms with E-state index in [1.807, 2.05) is 4.98 Å². The van der Waals surface area contributed by atoms with Crippen LogP contribution in [0, 0.1) is 0 Å². The van der Waals surface area contributed by atoms with Gasteiger partial charge >= 0.3 is 29.7 Å². The van der Waals surface area contributed by atoms with Gasteiger partial charge in [0.15, 0.2) is 0 Å². The lowest BCUT2D eigenvalue weighted by Crippen LogP contribution is -2.43. The van der Waals surface area contributed by atoms with Crippen molar-refractivity contribution in [2.75, 3.05) is 27.9 Å². The number of rotatable bonds is 7. The predicted molar refractivity (Wildman–Crippen MR) is 175 cm³/mol. The number of carbonyl (C=O) groups excluding carboxylic acids is 1. The lowest BCUT2D eigenvalue weighted by Gasteiger charge is -2.16. The lowest BCUT2D eigenvalue weighted by molar-refractivity contribution is -0.142. The number of sulfonamides is 2. The summed E-state index contributed by atoms with van der Waals surface area (Å²) in [6, 6.07) is 4.12. The van der Waals surface area contributed by atoms with E-state index in [1.54, 1.807) is 9.66 Å². The van der Waals surface area contributed by atoms with Crippen molar-refractivity contribution in [3.05, 3.63) is 101 Å². The Kier molecular flexibility index (Phi) is 10.4. The van der Waals surface area contributed by atoms with Crippen LogP contribution in [0.5, 0.6) is 0 Å². The number of esters is 1. The monoisotopic (exact) mass is 798 g/mol. The highest BCUT2D eigenvalue weighted by molar-refractivity contribution is 7.91. The fourth-order valence-electron chi connectivity index (χ4n) is 4.58. The summed E-state index contributed by atoms with van der Waals surface area (Å²) in [5.74, 6) is -0.572. The average molecular weight is 799 g/mol. The Morgan fingerprint density at radius 3 is 1.68 bits per heavy atom. The maximum atomic E-state index is 13.7. The van der Waals surface area contributed by atoms with Gasteiger partial charge in [0.25, 0.3) is 11.1 Å². The highest BCUT2D eigenvalue weighted by Gasteiger charge is 2.35. The highest BCUT2D eigenvalue weighted by atomic mass is 32.2. The Hall–Kier alpha value is -6.05. The van der Waals surface area contributed by atoms with Crippen LogP contribution < -0.4 is 37.9 Å². The average Bonchev–Trinajstić information content (AvgIpc) is 3.47. The predicted octanol–water partition coefficient (Wildman–Crippen LogP) is 0.859. The highest BCUT2D eigenvalue weighted by Crippen LogP contribution is 2.36. The molecule has 5 rings (SSSR count). The van der Waals surface area contributed by atoms with Gasteiger partial charge in [-0.3, -0.25) is 14.4 Å². The first-order chi connectivity index (χ1) is 24.2. The zero-order chi connectivity index (χ0) is 40.0. The second kappa shape index (κ2) is 13.8. The van der Waals surface area contributed by atoms with Crippen molar-refractivity contribution in [1.29, 1.82) is 0 Å². The molecule has 0 radical (unpaired) electrons. The molecule has 0 bridgehead atoms. The third kappa shape index (κ3) is 9.25. The smallest absolute Gasteiger partial charge is 0.418 e. The number of halogens is 6. The molecule has 0 unspecified atom stereocenters. The summed E-state index contributed by atoms with van der Waals surface area (Å²) in [7, 11) is -7.98. The molecule has 0 amide bonds. The standard InChI is InChI=1S/C17H15F3N4O6S.C10H9F3N4O4S/c1-9(25)30-8-10-3-4-23(7-10)14-5-11-13(6-12(14)17(18,19)20)21-16(27)24(15(11)26)22-31(2,28)29;1-22(20,21)16-17-8(18)4-2-6(14)5(10(11,12)13)3-7(4)15-9(17)19/h3-7,22H,8H2,1-2H3,(H,21,27);2-3,16H,14H2,1H3,(H,15,19). The van der Waals surface area contributed by atoms with Crippen LogP contribution >= 0.6 is 0 Å². The van der Waals surface area contributed by atoms with Gasteiger partial charge in [-0.25, -0.2) is 36.1 Å². The van der Waals surface area contributed by atoms with Crippen LogP contribution in [0.1, 0.15) is 23.6 Å². The molecule has 18 nitrogen and oxygen atoms in total.